The van der Waals surface area contributed by atoms with Gasteiger partial charge in [0.15, 0.2) is 0 Å². The van der Waals surface area contributed by atoms with E-state index in [1.54, 1.807) is 0 Å². The zero-order valence-corrected chi connectivity index (χ0v) is 8.36. The van der Waals surface area contributed by atoms with Gasteiger partial charge in [-0.3, -0.25) is 4.98 Å². The minimum Gasteiger partial charge on any atom is -0.491 e. The molecule has 1 aromatic heterocycles. The summed E-state index contributed by atoms with van der Waals surface area (Å²) in [5, 5.41) is 5.62. The number of nitrogens with one attached hydrogen (secondary N) is 1. The zero-order valence-electron chi connectivity index (χ0n) is 8.36. The summed E-state index contributed by atoms with van der Waals surface area (Å²) < 4.78 is 5.76. The van der Waals surface area contributed by atoms with Crippen LogP contribution in [0.2, 0.25) is 0 Å². The van der Waals surface area contributed by atoms with E-state index in [1.165, 1.54) is 10.9 Å². The molecule has 3 heteroatoms. The Morgan fingerprint density at radius 3 is 3.27 bits per heavy atom. The smallest absolute Gasteiger partial charge is 0.133 e. The molecular formula is C12H12N2O. The average Bonchev–Trinajstić information content (AvgIpc) is 2.54. The number of pyridine rings is 1. The van der Waals surface area contributed by atoms with E-state index in [2.05, 4.69) is 22.4 Å². The van der Waals surface area contributed by atoms with Crippen molar-refractivity contribution in [3.05, 3.63) is 36.2 Å². The van der Waals surface area contributed by atoms with Crippen LogP contribution in [0.3, 0.4) is 0 Å². The minimum atomic E-state index is 0.723. The van der Waals surface area contributed by atoms with Gasteiger partial charge in [0, 0.05) is 36.4 Å². The second kappa shape index (κ2) is 3.51. The van der Waals surface area contributed by atoms with Crippen LogP contribution in [0.4, 0.5) is 0 Å². The average molecular weight is 200 g/mol. The Labute approximate surface area is 88.1 Å². The summed E-state index contributed by atoms with van der Waals surface area (Å²) in [4.78, 5) is 4.15. The minimum absolute atomic E-state index is 0.723. The van der Waals surface area contributed by atoms with E-state index in [0.29, 0.717) is 0 Å². The van der Waals surface area contributed by atoms with Crippen molar-refractivity contribution >= 4 is 10.8 Å². The van der Waals surface area contributed by atoms with E-state index in [1.807, 2.05) is 18.5 Å². The number of ether oxygens (including phenoxy) is 1. The molecule has 0 amide bonds. The molecule has 1 N–H and O–H groups in total. The lowest BCUT2D eigenvalue weighted by atomic mass is 10.1. The van der Waals surface area contributed by atoms with Gasteiger partial charge in [-0.1, -0.05) is 12.1 Å². The van der Waals surface area contributed by atoms with E-state index >= 15 is 0 Å². The molecule has 1 aliphatic heterocycles. The van der Waals surface area contributed by atoms with Crippen LogP contribution in [0.25, 0.3) is 10.8 Å². The van der Waals surface area contributed by atoms with Gasteiger partial charge in [-0.05, 0) is 11.5 Å². The first-order chi connectivity index (χ1) is 7.45. The predicted octanol–water partition coefficient (Wildman–Crippen LogP) is 1.72. The third-order valence-corrected chi connectivity index (χ3v) is 2.70. The van der Waals surface area contributed by atoms with Crippen molar-refractivity contribution in [2.24, 2.45) is 0 Å². The maximum Gasteiger partial charge on any atom is 0.133 e. The largest absolute Gasteiger partial charge is 0.491 e. The van der Waals surface area contributed by atoms with Crippen molar-refractivity contribution in [1.82, 2.24) is 10.3 Å². The first-order valence-electron chi connectivity index (χ1n) is 5.14. The fourth-order valence-corrected chi connectivity index (χ4v) is 1.94. The summed E-state index contributed by atoms with van der Waals surface area (Å²) >= 11 is 0. The van der Waals surface area contributed by atoms with Crippen molar-refractivity contribution in [3.8, 4) is 5.75 Å². The van der Waals surface area contributed by atoms with Crippen LogP contribution in [0.5, 0.6) is 5.75 Å². The Kier molecular flexibility index (Phi) is 2.03. The third-order valence-electron chi connectivity index (χ3n) is 2.70. The summed E-state index contributed by atoms with van der Waals surface area (Å²) in [6.07, 6.45) is 3.68. The highest BCUT2D eigenvalue weighted by Gasteiger charge is 2.11. The topological polar surface area (TPSA) is 34.1 Å². The summed E-state index contributed by atoms with van der Waals surface area (Å²) in [7, 11) is 0. The number of hydrogen-bond donors (Lipinski definition) is 1. The quantitative estimate of drug-likeness (QED) is 0.703. The van der Waals surface area contributed by atoms with Crippen molar-refractivity contribution in [3.63, 3.8) is 0 Å². The molecular weight excluding hydrogens is 188 g/mol. The van der Waals surface area contributed by atoms with Gasteiger partial charge in [0.05, 0.1) is 0 Å². The molecule has 3 rings (SSSR count). The molecule has 76 valence electrons. The Balaban J connectivity index is 2.27. The van der Waals surface area contributed by atoms with Gasteiger partial charge in [-0.25, -0.2) is 0 Å². The molecule has 2 aromatic rings. The second-order valence-electron chi connectivity index (χ2n) is 3.68. The van der Waals surface area contributed by atoms with Crippen LogP contribution in [-0.2, 0) is 6.54 Å². The van der Waals surface area contributed by atoms with Crippen LogP contribution in [0.15, 0.2) is 30.6 Å². The zero-order chi connectivity index (χ0) is 10.1. The van der Waals surface area contributed by atoms with Crippen LogP contribution in [0.1, 0.15) is 5.56 Å². The van der Waals surface area contributed by atoms with Gasteiger partial charge >= 0.3 is 0 Å². The van der Waals surface area contributed by atoms with Crippen molar-refractivity contribution in [2.45, 2.75) is 6.54 Å². The second-order valence-corrected chi connectivity index (χ2v) is 3.68. The van der Waals surface area contributed by atoms with Crippen molar-refractivity contribution in [2.75, 3.05) is 13.2 Å². The van der Waals surface area contributed by atoms with Crippen LogP contribution < -0.4 is 10.1 Å². The molecule has 0 aliphatic carbocycles. The maximum absolute atomic E-state index is 5.76. The number of aromatic nitrogens is 1. The van der Waals surface area contributed by atoms with E-state index in [9.17, 15) is 0 Å². The molecule has 0 radical (unpaired) electrons. The molecule has 0 saturated carbocycles. The lowest BCUT2D eigenvalue weighted by molar-refractivity contribution is 0.329. The van der Waals surface area contributed by atoms with Crippen LogP contribution in [-0.4, -0.2) is 18.1 Å². The molecule has 0 spiro atoms. The van der Waals surface area contributed by atoms with Gasteiger partial charge in [-0.2, -0.15) is 0 Å². The van der Waals surface area contributed by atoms with Gasteiger partial charge < -0.3 is 10.1 Å². The molecule has 0 fully saturated rings. The van der Waals surface area contributed by atoms with Crippen LogP contribution >= 0.6 is 0 Å². The molecule has 1 aliphatic rings. The molecule has 0 saturated heterocycles. The van der Waals surface area contributed by atoms with Crippen molar-refractivity contribution < 1.29 is 4.74 Å². The summed E-state index contributed by atoms with van der Waals surface area (Å²) in [5.41, 5.74) is 1.22. The van der Waals surface area contributed by atoms with Gasteiger partial charge in [0.2, 0.25) is 0 Å². The van der Waals surface area contributed by atoms with E-state index in [-0.39, 0.29) is 0 Å². The van der Waals surface area contributed by atoms with Gasteiger partial charge in [0.25, 0.3) is 0 Å². The molecule has 0 bridgehead atoms. The Bertz CT molecular complexity index is 496. The number of nitrogens with zero attached hydrogens (tertiary/aromatic N) is 1. The van der Waals surface area contributed by atoms with Crippen molar-refractivity contribution in [1.29, 1.82) is 0 Å². The van der Waals surface area contributed by atoms with E-state index in [4.69, 9.17) is 4.74 Å². The summed E-state index contributed by atoms with van der Waals surface area (Å²) in [6.45, 7) is 2.50. The standard InChI is InChI=1S/C12H12N2O/c1-2-10-7-14-5-6-15-12(10)11-8-13-4-3-9(1)11/h1-4,8,14H,5-7H2. The summed E-state index contributed by atoms with van der Waals surface area (Å²) in [5.74, 6) is 0.991. The van der Waals surface area contributed by atoms with Crippen LogP contribution in [0, 0.1) is 0 Å². The highest BCUT2D eigenvalue weighted by molar-refractivity contribution is 5.88. The molecule has 0 atom stereocenters. The monoisotopic (exact) mass is 200 g/mol. The Morgan fingerprint density at radius 1 is 1.27 bits per heavy atom. The van der Waals surface area contributed by atoms with E-state index < -0.39 is 0 Å². The van der Waals surface area contributed by atoms with E-state index in [0.717, 1.165) is 30.8 Å². The summed E-state index contributed by atoms with van der Waals surface area (Å²) in [6, 6.07) is 6.25. The molecule has 1 aromatic carbocycles. The predicted molar refractivity (Wildman–Crippen MR) is 58.9 cm³/mol. The number of benzene rings is 1. The third kappa shape index (κ3) is 1.45. The van der Waals surface area contributed by atoms with Gasteiger partial charge in [-0.15, -0.1) is 0 Å². The number of hydrogen-bond acceptors (Lipinski definition) is 3. The highest BCUT2D eigenvalue weighted by Crippen LogP contribution is 2.29. The number of fused-ring (bicyclic) bond motifs is 3. The number of rotatable bonds is 0. The lowest BCUT2D eigenvalue weighted by Gasteiger charge is -2.09. The molecule has 2 heterocycles. The molecule has 3 nitrogen and oxygen atoms in total. The highest BCUT2D eigenvalue weighted by atomic mass is 16.5. The Hall–Kier alpha value is -1.61. The SMILES string of the molecule is c1cc2ccc3c(c2cn1)OCCNC3. The Morgan fingerprint density at radius 2 is 2.27 bits per heavy atom. The maximum atomic E-state index is 5.76. The first kappa shape index (κ1) is 8.68. The molecule has 15 heavy (non-hydrogen) atoms. The lowest BCUT2D eigenvalue weighted by Crippen LogP contribution is -2.16. The fourth-order valence-electron chi connectivity index (χ4n) is 1.94. The normalized spacial score (nSPS) is 15.5. The first-order valence-corrected chi connectivity index (χ1v) is 5.14. The molecule has 0 unspecified atom stereocenters. The van der Waals surface area contributed by atoms with Gasteiger partial charge in [0.1, 0.15) is 12.4 Å². The fraction of sp³-hybridized carbons (Fsp3) is 0.250.